The molecule has 2 N–H and O–H groups in total. The monoisotopic (exact) mass is 372 g/mol. The van der Waals surface area contributed by atoms with Crippen LogP contribution >= 0.6 is 11.3 Å². The number of nitrogens with zero attached hydrogens (tertiary/aromatic N) is 2. The van der Waals surface area contributed by atoms with E-state index in [-0.39, 0.29) is 21.9 Å². The van der Waals surface area contributed by atoms with Gasteiger partial charge in [-0.05, 0) is 17.7 Å². The molecule has 1 heterocycles. The van der Waals surface area contributed by atoms with Crippen LogP contribution in [0.3, 0.4) is 0 Å². The van der Waals surface area contributed by atoms with E-state index in [0.717, 1.165) is 11.3 Å². The molecule has 11 heteroatoms. The van der Waals surface area contributed by atoms with Gasteiger partial charge in [0, 0.05) is 19.5 Å². The van der Waals surface area contributed by atoms with Crippen molar-refractivity contribution >= 4 is 32.4 Å². The first-order valence-electron chi connectivity index (χ1n) is 6.67. The lowest BCUT2D eigenvalue weighted by Gasteiger charge is -2.09. The maximum absolute atomic E-state index is 12.2. The van der Waals surface area contributed by atoms with Crippen LogP contribution in [-0.4, -0.2) is 38.7 Å². The fourth-order valence-corrected chi connectivity index (χ4v) is 3.73. The minimum atomic E-state index is -3.85. The highest BCUT2D eigenvalue weighted by atomic mass is 32.2. The Hall–Kier alpha value is -2.24. The maximum Gasteiger partial charge on any atom is 0.270 e. The molecule has 2 rings (SSSR count). The molecule has 0 saturated carbocycles. The van der Waals surface area contributed by atoms with Crippen molar-refractivity contribution in [3.63, 3.8) is 0 Å². The number of sulfonamides is 1. The second-order valence-corrected chi connectivity index (χ2v) is 7.52. The van der Waals surface area contributed by atoms with E-state index in [0.29, 0.717) is 17.1 Å². The van der Waals surface area contributed by atoms with Crippen LogP contribution in [0.1, 0.15) is 12.5 Å². The summed E-state index contributed by atoms with van der Waals surface area (Å²) in [5.41, 5.74) is 0.654. The predicted octanol–water partition coefficient (Wildman–Crippen LogP) is 0.992. The van der Waals surface area contributed by atoms with Gasteiger partial charge in [0.1, 0.15) is 11.5 Å². The minimum Gasteiger partial charge on any atom is -0.497 e. The van der Waals surface area contributed by atoms with Gasteiger partial charge in [-0.3, -0.25) is 4.79 Å². The van der Waals surface area contributed by atoms with Crippen molar-refractivity contribution < 1.29 is 22.7 Å². The number of carbonyl (C=O) groups is 1. The first-order chi connectivity index (χ1) is 11.3. The van der Waals surface area contributed by atoms with Crippen LogP contribution in [0, 0.1) is 0 Å². The van der Waals surface area contributed by atoms with Gasteiger partial charge in [0.25, 0.3) is 10.0 Å². The van der Waals surface area contributed by atoms with Gasteiger partial charge in [-0.25, -0.2) is 13.1 Å². The third-order valence-electron chi connectivity index (χ3n) is 2.80. The first kappa shape index (κ1) is 18.1. The topological polar surface area (TPSA) is 120 Å². The lowest BCUT2D eigenvalue weighted by Crippen LogP contribution is -2.23. The van der Waals surface area contributed by atoms with Crippen molar-refractivity contribution in [1.29, 1.82) is 0 Å². The lowest BCUT2D eigenvalue weighted by molar-refractivity contribution is -0.114. The summed E-state index contributed by atoms with van der Waals surface area (Å²) in [7, 11) is -0.836. The third-order valence-corrected chi connectivity index (χ3v) is 5.40. The van der Waals surface area contributed by atoms with Crippen molar-refractivity contribution in [2.75, 3.05) is 19.5 Å². The van der Waals surface area contributed by atoms with E-state index in [2.05, 4.69) is 20.2 Å². The average Bonchev–Trinajstić information content (AvgIpc) is 3.01. The quantitative estimate of drug-likeness (QED) is 0.696. The van der Waals surface area contributed by atoms with Gasteiger partial charge >= 0.3 is 0 Å². The summed E-state index contributed by atoms with van der Waals surface area (Å²) in [6, 6.07) is 5.06. The Morgan fingerprint density at radius 1 is 1.17 bits per heavy atom. The molecule has 24 heavy (non-hydrogen) atoms. The van der Waals surface area contributed by atoms with Gasteiger partial charge in [0.05, 0.1) is 14.2 Å². The van der Waals surface area contributed by atoms with E-state index in [9.17, 15) is 13.2 Å². The molecule has 0 aliphatic heterocycles. The Morgan fingerprint density at radius 2 is 1.79 bits per heavy atom. The van der Waals surface area contributed by atoms with E-state index in [4.69, 9.17) is 9.47 Å². The smallest absolute Gasteiger partial charge is 0.270 e. The molecular weight excluding hydrogens is 356 g/mol. The average molecular weight is 372 g/mol. The molecule has 0 spiro atoms. The molecule has 1 aromatic carbocycles. The molecule has 0 bridgehead atoms. The zero-order valence-electron chi connectivity index (χ0n) is 13.2. The summed E-state index contributed by atoms with van der Waals surface area (Å²) in [6.45, 7) is 1.31. The molecule has 130 valence electrons. The maximum atomic E-state index is 12.2. The van der Waals surface area contributed by atoms with Crippen LogP contribution in [-0.2, 0) is 21.4 Å². The van der Waals surface area contributed by atoms with Crippen molar-refractivity contribution in [3.05, 3.63) is 23.8 Å². The zero-order valence-corrected chi connectivity index (χ0v) is 14.8. The number of rotatable bonds is 7. The number of carbonyl (C=O) groups excluding carboxylic acids is 1. The third kappa shape index (κ3) is 4.63. The molecule has 1 amide bonds. The van der Waals surface area contributed by atoms with Gasteiger partial charge in [-0.2, -0.15) is 0 Å². The normalized spacial score (nSPS) is 11.1. The summed E-state index contributed by atoms with van der Waals surface area (Å²) >= 11 is 0.765. The molecule has 1 aromatic heterocycles. The van der Waals surface area contributed by atoms with Crippen molar-refractivity contribution in [1.82, 2.24) is 14.9 Å². The summed E-state index contributed by atoms with van der Waals surface area (Å²) < 4.78 is 36.9. The summed E-state index contributed by atoms with van der Waals surface area (Å²) in [5.74, 6) is 0.742. The first-order valence-corrected chi connectivity index (χ1v) is 8.96. The van der Waals surface area contributed by atoms with Crippen LogP contribution in [0.5, 0.6) is 11.5 Å². The van der Waals surface area contributed by atoms with Crippen LogP contribution < -0.4 is 19.5 Å². The van der Waals surface area contributed by atoms with E-state index in [1.54, 1.807) is 18.2 Å². The number of nitrogens with one attached hydrogen (secondary N) is 2. The van der Waals surface area contributed by atoms with Crippen molar-refractivity contribution in [3.8, 4) is 11.5 Å². The number of anilines is 1. The molecule has 0 aliphatic rings. The second-order valence-electron chi connectivity index (χ2n) is 4.60. The summed E-state index contributed by atoms with van der Waals surface area (Å²) in [5, 5.41) is 9.68. The van der Waals surface area contributed by atoms with Crippen molar-refractivity contribution in [2.45, 2.75) is 17.8 Å². The standard InChI is InChI=1S/C13H16N4O5S2/c1-8(18)15-12-16-17-13(23-12)24(19,20)14-7-9-4-10(21-2)6-11(5-9)22-3/h4-6,14H,7H2,1-3H3,(H,15,16,18). The number of amides is 1. The van der Waals surface area contributed by atoms with Gasteiger partial charge in [0.2, 0.25) is 15.4 Å². The molecule has 2 aromatic rings. The number of hydrogen-bond acceptors (Lipinski definition) is 8. The minimum absolute atomic E-state index is 0.0188. The number of aromatic nitrogens is 2. The van der Waals surface area contributed by atoms with Crippen LogP contribution in [0.4, 0.5) is 5.13 Å². The molecule has 0 atom stereocenters. The fraction of sp³-hybridized carbons (Fsp3) is 0.308. The number of methoxy groups -OCH3 is 2. The number of benzene rings is 1. The van der Waals surface area contributed by atoms with E-state index < -0.39 is 10.0 Å². The second kappa shape index (κ2) is 7.55. The Balaban J connectivity index is 2.12. The van der Waals surface area contributed by atoms with Crippen LogP contribution in [0.15, 0.2) is 22.5 Å². The predicted molar refractivity (Wildman–Crippen MR) is 87.8 cm³/mol. The molecule has 0 fully saturated rings. The highest BCUT2D eigenvalue weighted by Gasteiger charge is 2.20. The largest absolute Gasteiger partial charge is 0.497 e. The highest BCUT2D eigenvalue weighted by Crippen LogP contribution is 2.23. The molecule has 0 unspecified atom stereocenters. The number of ether oxygens (including phenoxy) is 2. The Kier molecular flexibility index (Phi) is 5.70. The number of hydrogen-bond donors (Lipinski definition) is 2. The van der Waals surface area contributed by atoms with Gasteiger partial charge in [-0.15, -0.1) is 10.2 Å². The molecule has 0 radical (unpaired) electrons. The van der Waals surface area contributed by atoms with Gasteiger partial charge in [-0.1, -0.05) is 11.3 Å². The highest BCUT2D eigenvalue weighted by molar-refractivity contribution is 7.91. The molecule has 9 nitrogen and oxygen atoms in total. The van der Waals surface area contributed by atoms with E-state index in [1.807, 2.05) is 0 Å². The van der Waals surface area contributed by atoms with Crippen LogP contribution in [0.2, 0.25) is 0 Å². The lowest BCUT2D eigenvalue weighted by atomic mass is 10.2. The molecule has 0 aliphatic carbocycles. The Morgan fingerprint density at radius 3 is 2.33 bits per heavy atom. The Bertz CT molecular complexity index is 812. The van der Waals surface area contributed by atoms with E-state index in [1.165, 1.54) is 21.1 Å². The summed E-state index contributed by atoms with van der Waals surface area (Å²) in [4.78, 5) is 10.9. The Labute approximate surface area is 143 Å². The zero-order chi connectivity index (χ0) is 17.7. The SMILES string of the molecule is COc1cc(CNS(=O)(=O)c2nnc(NC(C)=O)s2)cc(OC)c1. The molecular formula is C13H16N4O5S2. The summed E-state index contributed by atoms with van der Waals surface area (Å²) in [6.07, 6.45) is 0. The molecule has 0 saturated heterocycles. The van der Waals surface area contributed by atoms with E-state index >= 15 is 0 Å². The van der Waals surface area contributed by atoms with Crippen molar-refractivity contribution in [2.24, 2.45) is 0 Å². The van der Waals surface area contributed by atoms with Gasteiger partial charge in [0.15, 0.2) is 0 Å². The fourth-order valence-electron chi connectivity index (χ4n) is 1.73. The van der Waals surface area contributed by atoms with Crippen LogP contribution in [0.25, 0.3) is 0 Å². The van der Waals surface area contributed by atoms with Gasteiger partial charge < -0.3 is 14.8 Å².